The number of alkyl halides is 3. The molecule has 2 aromatic rings. The van der Waals surface area contributed by atoms with Crippen LogP contribution in [-0.4, -0.2) is 65.1 Å². The molecule has 1 N–H and O–H groups in total. The zero-order valence-electron chi connectivity index (χ0n) is 15.8. The Balaban J connectivity index is 1.32. The first-order valence-electron chi connectivity index (χ1n) is 9.85. The van der Waals surface area contributed by atoms with Crippen LogP contribution in [0.15, 0.2) is 36.8 Å². The van der Waals surface area contributed by atoms with Gasteiger partial charge >= 0.3 is 6.18 Å². The van der Waals surface area contributed by atoms with Gasteiger partial charge in [-0.1, -0.05) is 6.07 Å². The number of nitrogens with one attached hydrogen (secondary N) is 1. The zero-order chi connectivity index (χ0) is 19.6. The van der Waals surface area contributed by atoms with Gasteiger partial charge in [-0.3, -0.25) is 9.80 Å². The quantitative estimate of drug-likeness (QED) is 0.866. The fourth-order valence-electron chi connectivity index (χ4n) is 4.31. The van der Waals surface area contributed by atoms with Crippen LogP contribution in [0.2, 0.25) is 0 Å². The number of aromatic nitrogens is 2. The van der Waals surface area contributed by atoms with Crippen molar-refractivity contribution in [2.45, 2.75) is 31.6 Å². The smallest absolute Gasteiger partial charge is 0.369 e. The van der Waals surface area contributed by atoms with Gasteiger partial charge in [0.1, 0.15) is 0 Å². The SMILES string of the molecule is FC(F)(F)c1cccc(N2CCN([C@H]3CCCN(Cc4cnc[nH]4)C3)CC2)c1. The van der Waals surface area contributed by atoms with Crippen molar-refractivity contribution in [3.05, 3.63) is 48.0 Å². The highest BCUT2D eigenvalue weighted by molar-refractivity contribution is 5.49. The number of anilines is 1. The van der Waals surface area contributed by atoms with Crippen LogP contribution in [-0.2, 0) is 12.7 Å². The monoisotopic (exact) mass is 393 g/mol. The summed E-state index contributed by atoms with van der Waals surface area (Å²) in [6.07, 6.45) is 1.65. The number of benzene rings is 1. The molecule has 1 aromatic carbocycles. The van der Waals surface area contributed by atoms with E-state index in [2.05, 4.69) is 24.7 Å². The van der Waals surface area contributed by atoms with E-state index in [0.29, 0.717) is 11.7 Å². The minimum Gasteiger partial charge on any atom is -0.369 e. The molecule has 0 amide bonds. The van der Waals surface area contributed by atoms with Crippen molar-refractivity contribution >= 4 is 5.69 Å². The molecule has 0 unspecified atom stereocenters. The maximum atomic E-state index is 13.0. The highest BCUT2D eigenvalue weighted by Crippen LogP contribution is 2.32. The number of halogens is 3. The number of nitrogens with zero attached hydrogens (tertiary/aromatic N) is 4. The molecule has 2 aliphatic heterocycles. The Kier molecular flexibility index (Phi) is 5.59. The van der Waals surface area contributed by atoms with Crippen LogP contribution in [0.25, 0.3) is 0 Å². The van der Waals surface area contributed by atoms with Crippen molar-refractivity contribution < 1.29 is 13.2 Å². The summed E-state index contributed by atoms with van der Waals surface area (Å²) in [7, 11) is 0. The fourth-order valence-corrected chi connectivity index (χ4v) is 4.31. The lowest BCUT2D eigenvalue weighted by molar-refractivity contribution is -0.137. The summed E-state index contributed by atoms with van der Waals surface area (Å²) in [5, 5.41) is 0. The number of piperazine rings is 1. The van der Waals surface area contributed by atoms with E-state index in [1.165, 1.54) is 25.0 Å². The van der Waals surface area contributed by atoms with Gasteiger partial charge < -0.3 is 9.88 Å². The Hall–Kier alpha value is -2.06. The normalized spacial score (nSPS) is 22.5. The van der Waals surface area contributed by atoms with E-state index < -0.39 is 11.7 Å². The van der Waals surface area contributed by atoms with Crippen LogP contribution in [0.5, 0.6) is 0 Å². The van der Waals surface area contributed by atoms with E-state index in [0.717, 1.165) is 57.6 Å². The predicted octanol–water partition coefficient (Wildman–Crippen LogP) is 3.22. The predicted molar refractivity (Wildman–Crippen MR) is 102 cm³/mol. The van der Waals surface area contributed by atoms with Crippen LogP contribution in [0.4, 0.5) is 18.9 Å². The van der Waals surface area contributed by atoms with Crippen LogP contribution >= 0.6 is 0 Å². The summed E-state index contributed by atoms with van der Waals surface area (Å²) in [5.74, 6) is 0. The third-order valence-corrected chi connectivity index (χ3v) is 5.80. The summed E-state index contributed by atoms with van der Waals surface area (Å²) in [4.78, 5) is 14.3. The summed E-state index contributed by atoms with van der Waals surface area (Å²) >= 11 is 0. The Labute approximate surface area is 163 Å². The van der Waals surface area contributed by atoms with E-state index in [4.69, 9.17) is 0 Å². The lowest BCUT2D eigenvalue weighted by atomic mass is 10.0. The number of hydrogen-bond donors (Lipinski definition) is 1. The molecule has 0 saturated carbocycles. The van der Waals surface area contributed by atoms with Crippen LogP contribution in [0.1, 0.15) is 24.1 Å². The van der Waals surface area contributed by atoms with Gasteiger partial charge in [-0.05, 0) is 37.6 Å². The Morgan fingerprint density at radius 3 is 2.64 bits per heavy atom. The molecule has 2 saturated heterocycles. The van der Waals surface area contributed by atoms with Crippen molar-refractivity contribution in [1.82, 2.24) is 19.8 Å². The summed E-state index contributed by atoms with van der Waals surface area (Å²) in [6.45, 7) is 6.32. The topological polar surface area (TPSA) is 38.4 Å². The van der Waals surface area contributed by atoms with Gasteiger partial charge in [0.25, 0.3) is 0 Å². The zero-order valence-corrected chi connectivity index (χ0v) is 15.8. The van der Waals surface area contributed by atoms with Crippen LogP contribution < -0.4 is 4.90 Å². The minimum atomic E-state index is -4.29. The van der Waals surface area contributed by atoms with Gasteiger partial charge in [-0.2, -0.15) is 13.2 Å². The molecule has 2 aliphatic rings. The second-order valence-electron chi connectivity index (χ2n) is 7.68. The molecule has 0 spiro atoms. The van der Waals surface area contributed by atoms with E-state index in [1.807, 2.05) is 6.20 Å². The Morgan fingerprint density at radius 1 is 1.11 bits per heavy atom. The fraction of sp³-hybridized carbons (Fsp3) is 0.550. The third-order valence-electron chi connectivity index (χ3n) is 5.80. The molecule has 2 fully saturated rings. The standard InChI is InChI=1S/C20H26F3N5/c21-20(22,23)16-3-1-4-18(11-16)27-7-9-28(10-8-27)19-5-2-6-26(14-19)13-17-12-24-15-25-17/h1,3-4,11-12,15,19H,2,5-10,13-14H2,(H,24,25)/t19-/m0/s1. The third kappa shape index (κ3) is 4.50. The maximum Gasteiger partial charge on any atom is 0.416 e. The van der Waals surface area contributed by atoms with Gasteiger partial charge in [0.15, 0.2) is 0 Å². The molecule has 28 heavy (non-hydrogen) atoms. The number of hydrogen-bond acceptors (Lipinski definition) is 4. The largest absolute Gasteiger partial charge is 0.416 e. The Bertz CT molecular complexity index is 753. The molecular weight excluding hydrogens is 367 g/mol. The average Bonchev–Trinajstić information content (AvgIpc) is 3.21. The van der Waals surface area contributed by atoms with Gasteiger partial charge in [0.05, 0.1) is 11.9 Å². The molecule has 0 radical (unpaired) electrons. The Morgan fingerprint density at radius 2 is 1.93 bits per heavy atom. The first-order valence-corrected chi connectivity index (χ1v) is 9.85. The number of H-pyrrole nitrogens is 1. The molecule has 3 heterocycles. The van der Waals surface area contributed by atoms with Crippen molar-refractivity contribution in [1.29, 1.82) is 0 Å². The van der Waals surface area contributed by atoms with Crippen molar-refractivity contribution in [3.8, 4) is 0 Å². The van der Waals surface area contributed by atoms with Crippen LogP contribution in [0, 0.1) is 0 Å². The minimum absolute atomic E-state index is 0.514. The van der Waals surface area contributed by atoms with Crippen molar-refractivity contribution in [3.63, 3.8) is 0 Å². The molecule has 0 bridgehead atoms. The van der Waals surface area contributed by atoms with Crippen LogP contribution in [0.3, 0.4) is 0 Å². The average molecular weight is 393 g/mol. The number of aromatic amines is 1. The second kappa shape index (κ2) is 8.13. The second-order valence-corrected chi connectivity index (χ2v) is 7.68. The highest BCUT2D eigenvalue weighted by atomic mass is 19.4. The summed E-state index contributed by atoms with van der Waals surface area (Å²) in [6, 6.07) is 6.19. The summed E-state index contributed by atoms with van der Waals surface area (Å²) < 4.78 is 38.9. The molecule has 0 aliphatic carbocycles. The van der Waals surface area contributed by atoms with Gasteiger partial charge in [-0.25, -0.2) is 4.98 Å². The number of piperidine rings is 1. The van der Waals surface area contributed by atoms with Gasteiger partial charge in [0.2, 0.25) is 0 Å². The summed E-state index contributed by atoms with van der Waals surface area (Å²) in [5.41, 5.74) is 1.23. The van der Waals surface area contributed by atoms with E-state index in [-0.39, 0.29) is 0 Å². The first kappa shape index (κ1) is 19.3. The molecule has 1 aromatic heterocycles. The van der Waals surface area contributed by atoms with Crippen molar-refractivity contribution in [2.75, 3.05) is 44.2 Å². The van der Waals surface area contributed by atoms with Crippen molar-refractivity contribution in [2.24, 2.45) is 0 Å². The number of rotatable bonds is 4. The number of imidazole rings is 1. The molecule has 1 atom stereocenters. The van der Waals surface area contributed by atoms with E-state index in [9.17, 15) is 13.2 Å². The first-order chi connectivity index (χ1) is 13.5. The van der Waals surface area contributed by atoms with Gasteiger partial charge in [-0.15, -0.1) is 0 Å². The van der Waals surface area contributed by atoms with E-state index in [1.54, 1.807) is 12.4 Å². The molecule has 4 rings (SSSR count). The molecular formula is C20H26F3N5. The molecule has 152 valence electrons. The molecule has 8 heteroatoms. The lowest BCUT2D eigenvalue weighted by Gasteiger charge is -2.44. The maximum absolute atomic E-state index is 13.0. The van der Waals surface area contributed by atoms with E-state index >= 15 is 0 Å². The molecule has 5 nitrogen and oxygen atoms in total. The number of likely N-dealkylation sites (tertiary alicyclic amines) is 1. The lowest BCUT2D eigenvalue weighted by Crippen LogP contribution is -2.55. The highest BCUT2D eigenvalue weighted by Gasteiger charge is 2.32. The van der Waals surface area contributed by atoms with Gasteiger partial charge in [0, 0.05) is 62.9 Å².